The Hall–Kier alpha value is -0.870. The number of methoxy groups -OCH3 is 1. The van der Waals surface area contributed by atoms with Crippen LogP contribution in [0.1, 0.15) is 20.0 Å². The van der Waals surface area contributed by atoms with Gasteiger partial charge in [-0.2, -0.15) is 0 Å². The molecule has 1 rings (SSSR count). The fraction of sp³-hybridized carbons (Fsp3) is 0.143. The van der Waals surface area contributed by atoms with Crippen molar-refractivity contribution in [2.24, 2.45) is 0 Å². The van der Waals surface area contributed by atoms with Gasteiger partial charge in [0.2, 0.25) is 0 Å². The molecule has 0 fully saturated rings. The highest BCUT2D eigenvalue weighted by atomic mass is 35.5. The van der Waals surface area contributed by atoms with Gasteiger partial charge in [-0.1, -0.05) is 0 Å². The molecule has 0 amide bonds. The van der Waals surface area contributed by atoms with Crippen LogP contribution in [-0.4, -0.2) is 18.3 Å². The van der Waals surface area contributed by atoms with Gasteiger partial charge in [-0.15, -0.1) is 11.3 Å². The quantitative estimate of drug-likeness (QED) is 0.546. The lowest BCUT2D eigenvalue weighted by Gasteiger charge is -1.91. The summed E-state index contributed by atoms with van der Waals surface area (Å²) in [5.74, 6) is -0.463. The maximum atomic E-state index is 10.9. The molecule has 5 heteroatoms. The first-order valence-electron chi connectivity index (χ1n) is 3.02. The van der Waals surface area contributed by atoms with E-state index in [-0.39, 0.29) is 0 Å². The Morgan fingerprint density at radius 1 is 1.58 bits per heavy atom. The third-order valence-corrected chi connectivity index (χ3v) is 2.46. The first-order valence-corrected chi connectivity index (χ1v) is 4.27. The smallest absolute Gasteiger partial charge is 0.338 e. The number of halogens is 1. The number of carbonyl (C=O) groups excluding carboxylic acids is 2. The summed E-state index contributed by atoms with van der Waals surface area (Å²) in [6.07, 6.45) is 0. The third kappa shape index (κ3) is 1.84. The number of esters is 1. The number of hydrogen-bond acceptors (Lipinski definition) is 4. The molecule has 3 nitrogen and oxygen atoms in total. The second-order valence-electron chi connectivity index (χ2n) is 1.96. The van der Waals surface area contributed by atoms with E-state index >= 15 is 0 Å². The zero-order valence-corrected chi connectivity index (χ0v) is 7.74. The van der Waals surface area contributed by atoms with Gasteiger partial charge < -0.3 is 4.74 Å². The maximum Gasteiger partial charge on any atom is 0.338 e. The monoisotopic (exact) mass is 204 g/mol. The second-order valence-corrected chi connectivity index (χ2v) is 3.22. The molecule has 0 saturated carbocycles. The molecule has 0 atom stereocenters. The summed E-state index contributed by atoms with van der Waals surface area (Å²) in [6, 6.07) is 1.41. The average molecular weight is 205 g/mol. The minimum atomic E-state index is -0.560. The van der Waals surface area contributed by atoms with Crippen LogP contribution in [-0.2, 0) is 4.74 Å². The van der Waals surface area contributed by atoms with E-state index in [0.29, 0.717) is 10.4 Å². The molecule has 0 N–H and O–H groups in total. The Balaban J connectivity index is 2.91. The van der Waals surface area contributed by atoms with Gasteiger partial charge in [0.1, 0.15) is 0 Å². The van der Waals surface area contributed by atoms with E-state index in [1.54, 1.807) is 0 Å². The first kappa shape index (κ1) is 9.22. The van der Waals surface area contributed by atoms with Crippen molar-refractivity contribution >= 4 is 34.1 Å². The van der Waals surface area contributed by atoms with Crippen molar-refractivity contribution < 1.29 is 14.3 Å². The summed E-state index contributed by atoms with van der Waals surface area (Å²) in [4.78, 5) is 21.8. The molecule has 12 heavy (non-hydrogen) atoms. The van der Waals surface area contributed by atoms with Crippen molar-refractivity contribution in [3.63, 3.8) is 0 Å². The average Bonchev–Trinajstić information content (AvgIpc) is 2.51. The fourth-order valence-corrected chi connectivity index (χ4v) is 1.56. The molecule has 0 radical (unpaired) electrons. The van der Waals surface area contributed by atoms with Crippen molar-refractivity contribution in [1.29, 1.82) is 0 Å². The summed E-state index contributed by atoms with van der Waals surface area (Å²) < 4.78 is 4.44. The number of thiophene rings is 1. The van der Waals surface area contributed by atoms with E-state index in [1.165, 1.54) is 18.6 Å². The van der Waals surface area contributed by atoms with Crippen LogP contribution in [0.5, 0.6) is 0 Å². The van der Waals surface area contributed by atoms with Crippen molar-refractivity contribution in [2.45, 2.75) is 0 Å². The van der Waals surface area contributed by atoms with Crippen LogP contribution in [0.3, 0.4) is 0 Å². The number of rotatable bonds is 2. The predicted octanol–water partition coefficient (Wildman–Crippen LogP) is 1.91. The Labute approximate surface area is 77.9 Å². The number of carbonyl (C=O) groups is 2. The first-order chi connectivity index (χ1) is 5.65. The van der Waals surface area contributed by atoms with Crippen molar-refractivity contribution in [3.8, 4) is 0 Å². The van der Waals surface area contributed by atoms with Crippen molar-refractivity contribution in [2.75, 3.05) is 7.11 Å². The molecule has 0 saturated heterocycles. The molecule has 64 valence electrons. The van der Waals surface area contributed by atoms with Crippen LogP contribution in [0.25, 0.3) is 0 Å². The summed E-state index contributed by atoms with van der Waals surface area (Å²) in [7, 11) is 1.28. The minimum absolute atomic E-state index is 0.345. The molecule has 1 heterocycles. The zero-order valence-electron chi connectivity index (χ0n) is 6.17. The second kappa shape index (κ2) is 3.69. The molecule has 1 aromatic rings. The predicted molar refractivity (Wildman–Crippen MR) is 45.8 cm³/mol. The van der Waals surface area contributed by atoms with E-state index < -0.39 is 11.2 Å². The lowest BCUT2D eigenvalue weighted by Crippen LogP contribution is -1.98. The Morgan fingerprint density at radius 3 is 2.67 bits per heavy atom. The molecule has 1 aromatic heterocycles. The molecule has 0 aliphatic carbocycles. The molecule has 0 aromatic carbocycles. The van der Waals surface area contributed by atoms with Crippen LogP contribution in [0.15, 0.2) is 11.4 Å². The lowest BCUT2D eigenvalue weighted by molar-refractivity contribution is 0.0601. The summed E-state index contributed by atoms with van der Waals surface area (Å²) in [6.45, 7) is 0. The van der Waals surface area contributed by atoms with Crippen LogP contribution >= 0.6 is 22.9 Å². The maximum absolute atomic E-state index is 10.9. The summed E-state index contributed by atoms with van der Waals surface area (Å²) in [5, 5.41) is 0.969. The van der Waals surface area contributed by atoms with Gasteiger partial charge in [-0.25, -0.2) is 4.79 Å². The van der Waals surface area contributed by atoms with E-state index in [1.807, 2.05) is 0 Å². The van der Waals surface area contributed by atoms with Crippen LogP contribution < -0.4 is 0 Å². The topological polar surface area (TPSA) is 43.4 Å². The zero-order chi connectivity index (χ0) is 9.14. The summed E-state index contributed by atoms with van der Waals surface area (Å²) >= 11 is 6.30. The number of hydrogen-bond donors (Lipinski definition) is 0. The van der Waals surface area contributed by atoms with Crippen LogP contribution in [0, 0.1) is 0 Å². The van der Waals surface area contributed by atoms with Gasteiger partial charge in [-0.3, -0.25) is 4.79 Å². The molecule has 0 aliphatic rings. The lowest BCUT2D eigenvalue weighted by atomic mass is 10.3. The third-order valence-electron chi connectivity index (χ3n) is 1.21. The molecule has 0 spiro atoms. The van der Waals surface area contributed by atoms with Gasteiger partial charge in [0.25, 0.3) is 5.24 Å². The Morgan fingerprint density at radius 2 is 2.25 bits per heavy atom. The van der Waals surface area contributed by atoms with Gasteiger partial charge in [0.15, 0.2) is 0 Å². The minimum Gasteiger partial charge on any atom is -0.465 e. The van der Waals surface area contributed by atoms with E-state index in [2.05, 4.69) is 4.74 Å². The van der Waals surface area contributed by atoms with Gasteiger partial charge in [0.05, 0.1) is 17.6 Å². The molecular formula is C7H5ClO3S. The highest BCUT2D eigenvalue weighted by molar-refractivity contribution is 7.14. The van der Waals surface area contributed by atoms with Gasteiger partial charge in [0, 0.05) is 5.38 Å². The van der Waals surface area contributed by atoms with Crippen molar-refractivity contribution in [1.82, 2.24) is 0 Å². The van der Waals surface area contributed by atoms with Crippen LogP contribution in [0.2, 0.25) is 0 Å². The normalized spacial score (nSPS) is 9.50. The highest BCUT2D eigenvalue weighted by Crippen LogP contribution is 2.17. The molecule has 0 unspecified atom stereocenters. The van der Waals surface area contributed by atoms with E-state index in [9.17, 15) is 9.59 Å². The van der Waals surface area contributed by atoms with Gasteiger partial charge in [-0.05, 0) is 17.7 Å². The molecule has 0 aliphatic heterocycles. The molecular weight excluding hydrogens is 200 g/mol. The van der Waals surface area contributed by atoms with Gasteiger partial charge >= 0.3 is 5.97 Å². The van der Waals surface area contributed by atoms with E-state index in [4.69, 9.17) is 11.6 Å². The highest BCUT2D eigenvalue weighted by Gasteiger charge is 2.11. The summed E-state index contributed by atoms with van der Waals surface area (Å²) in [5.41, 5.74) is 0.353. The Kier molecular flexibility index (Phi) is 2.83. The largest absolute Gasteiger partial charge is 0.465 e. The SMILES string of the molecule is COC(=O)c1csc(C(=O)Cl)c1. The number of ether oxygens (including phenoxy) is 1. The molecule has 0 bridgehead atoms. The van der Waals surface area contributed by atoms with E-state index in [0.717, 1.165) is 11.3 Å². The van der Waals surface area contributed by atoms with Crippen LogP contribution in [0.4, 0.5) is 0 Å². The standard InChI is InChI=1S/C7H5ClO3S/c1-11-7(10)4-2-5(6(8)9)12-3-4/h2-3H,1H3. The Bertz CT molecular complexity index is 318. The van der Waals surface area contributed by atoms with Crippen molar-refractivity contribution in [3.05, 3.63) is 21.9 Å². The fourth-order valence-electron chi connectivity index (χ4n) is 0.664.